The van der Waals surface area contributed by atoms with Crippen molar-refractivity contribution in [2.24, 2.45) is 17.6 Å². The van der Waals surface area contributed by atoms with Gasteiger partial charge in [0.1, 0.15) is 0 Å². The van der Waals surface area contributed by atoms with Crippen molar-refractivity contribution < 1.29 is 0 Å². The summed E-state index contributed by atoms with van der Waals surface area (Å²) < 4.78 is 0. The van der Waals surface area contributed by atoms with E-state index in [1.165, 1.54) is 12.8 Å². The van der Waals surface area contributed by atoms with Crippen LogP contribution in [0, 0.1) is 17.2 Å². The third kappa shape index (κ3) is 5.50. The van der Waals surface area contributed by atoms with Crippen molar-refractivity contribution in [1.29, 1.82) is 5.41 Å². The van der Waals surface area contributed by atoms with Gasteiger partial charge in [-0.1, -0.05) is 34.6 Å². The molecule has 0 rings (SSSR count). The van der Waals surface area contributed by atoms with Crippen LogP contribution in [0.4, 0.5) is 0 Å². The first-order chi connectivity index (χ1) is 7.42. The zero-order chi connectivity index (χ0) is 12.7. The lowest BCUT2D eigenvalue weighted by molar-refractivity contribution is 0.156. The maximum absolute atomic E-state index is 7.48. The van der Waals surface area contributed by atoms with E-state index in [0.717, 1.165) is 13.1 Å². The lowest BCUT2D eigenvalue weighted by Crippen LogP contribution is -2.42. The topological polar surface area (TPSA) is 53.1 Å². The van der Waals surface area contributed by atoms with Gasteiger partial charge in [0.25, 0.3) is 0 Å². The molecule has 0 aromatic heterocycles. The van der Waals surface area contributed by atoms with Gasteiger partial charge in [-0.05, 0) is 18.8 Å². The Morgan fingerprint density at radius 3 is 1.94 bits per heavy atom. The molecule has 3 nitrogen and oxygen atoms in total. The predicted octanol–water partition coefficient (Wildman–Crippen LogP) is 2.71. The van der Waals surface area contributed by atoms with Gasteiger partial charge in [-0.2, -0.15) is 0 Å². The molecule has 0 aliphatic carbocycles. The van der Waals surface area contributed by atoms with E-state index in [4.69, 9.17) is 11.1 Å². The molecule has 0 amide bonds. The van der Waals surface area contributed by atoms with E-state index >= 15 is 0 Å². The Morgan fingerprint density at radius 1 is 1.12 bits per heavy atom. The Bertz CT molecular complexity index is 197. The fraction of sp³-hybridized carbons (Fsp3) is 0.923. The highest BCUT2D eigenvalue weighted by atomic mass is 15.2. The normalized spacial score (nSPS) is 13.8. The number of rotatable bonds is 8. The minimum absolute atomic E-state index is 0.166. The van der Waals surface area contributed by atoms with Gasteiger partial charge in [-0.25, -0.2) is 0 Å². The number of amidine groups is 1. The molecule has 16 heavy (non-hydrogen) atoms. The highest BCUT2D eigenvalue weighted by Crippen LogP contribution is 2.13. The fourth-order valence-electron chi connectivity index (χ4n) is 2.10. The van der Waals surface area contributed by atoms with Crippen LogP contribution in [0.3, 0.4) is 0 Å². The van der Waals surface area contributed by atoms with Crippen LogP contribution in [0.5, 0.6) is 0 Å². The summed E-state index contributed by atoms with van der Waals surface area (Å²) in [6.45, 7) is 13.0. The highest BCUT2D eigenvalue weighted by Gasteiger charge is 2.19. The van der Waals surface area contributed by atoms with Crippen LogP contribution in [0.15, 0.2) is 0 Å². The second kappa shape index (κ2) is 7.66. The first kappa shape index (κ1) is 15.4. The summed E-state index contributed by atoms with van der Waals surface area (Å²) in [7, 11) is 0. The second-order valence-electron chi connectivity index (χ2n) is 5.17. The van der Waals surface area contributed by atoms with Crippen LogP contribution in [-0.2, 0) is 0 Å². The van der Waals surface area contributed by atoms with Gasteiger partial charge in [0.15, 0.2) is 0 Å². The maximum atomic E-state index is 7.48. The van der Waals surface area contributed by atoms with Crippen molar-refractivity contribution >= 4 is 5.84 Å². The summed E-state index contributed by atoms with van der Waals surface area (Å²) in [6.07, 6.45) is 2.35. The SMILES string of the molecule is CCC(CC)N(CC(C)C)CC(C)C(=N)N. The second-order valence-corrected chi connectivity index (χ2v) is 5.17. The van der Waals surface area contributed by atoms with Gasteiger partial charge in [-0.15, -0.1) is 0 Å². The fourth-order valence-corrected chi connectivity index (χ4v) is 2.10. The third-order valence-electron chi connectivity index (χ3n) is 3.10. The minimum Gasteiger partial charge on any atom is -0.387 e. The van der Waals surface area contributed by atoms with Crippen molar-refractivity contribution in [3.8, 4) is 0 Å². The van der Waals surface area contributed by atoms with Gasteiger partial charge in [0.2, 0.25) is 0 Å². The average Bonchev–Trinajstić information content (AvgIpc) is 2.18. The van der Waals surface area contributed by atoms with Crippen LogP contribution in [0.2, 0.25) is 0 Å². The van der Waals surface area contributed by atoms with Gasteiger partial charge in [0.05, 0.1) is 5.84 Å². The van der Waals surface area contributed by atoms with Crippen molar-refractivity contribution in [1.82, 2.24) is 4.90 Å². The summed E-state index contributed by atoms with van der Waals surface area (Å²) in [5.74, 6) is 1.14. The zero-order valence-electron chi connectivity index (χ0n) is 11.6. The Balaban J connectivity index is 4.46. The molecule has 0 aliphatic heterocycles. The molecule has 0 heterocycles. The molecule has 3 heteroatoms. The van der Waals surface area contributed by atoms with Crippen LogP contribution in [0.1, 0.15) is 47.5 Å². The molecular weight excluding hydrogens is 198 g/mol. The van der Waals surface area contributed by atoms with E-state index in [1.807, 2.05) is 6.92 Å². The molecule has 0 radical (unpaired) electrons. The molecule has 0 fully saturated rings. The molecule has 3 N–H and O–H groups in total. The smallest absolute Gasteiger partial charge is 0.0947 e. The summed E-state index contributed by atoms with van der Waals surface area (Å²) >= 11 is 0. The van der Waals surface area contributed by atoms with Gasteiger partial charge in [-0.3, -0.25) is 10.3 Å². The number of nitrogens with zero attached hydrogens (tertiary/aromatic N) is 1. The van der Waals surface area contributed by atoms with E-state index in [1.54, 1.807) is 0 Å². The first-order valence-electron chi connectivity index (χ1n) is 6.50. The summed E-state index contributed by atoms with van der Waals surface area (Å²) in [6, 6.07) is 0.629. The van der Waals surface area contributed by atoms with E-state index in [-0.39, 0.29) is 5.92 Å². The minimum atomic E-state index is 0.166. The number of hydrogen-bond donors (Lipinski definition) is 2. The van der Waals surface area contributed by atoms with Crippen LogP contribution < -0.4 is 5.73 Å². The molecule has 0 aromatic carbocycles. The van der Waals surface area contributed by atoms with E-state index in [9.17, 15) is 0 Å². The Kier molecular flexibility index (Phi) is 7.39. The number of nitrogens with two attached hydrogens (primary N) is 1. The van der Waals surface area contributed by atoms with E-state index < -0.39 is 0 Å². The van der Waals surface area contributed by atoms with Crippen molar-refractivity contribution in [2.75, 3.05) is 13.1 Å². The van der Waals surface area contributed by atoms with Gasteiger partial charge < -0.3 is 5.73 Å². The van der Waals surface area contributed by atoms with Gasteiger partial charge in [0, 0.05) is 25.0 Å². The van der Waals surface area contributed by atoms with Gasteiger partial charge >= 0.3 is 0 Å². The molecular formula is C13H29N3. The number of nitrogens with one attached hydrogen (secondary N) is 1. The van der Waals surface area contributed by atoms with Crippen LogP contribution in [0.25, 0.3) is 0 Å². The Morgan fingerprint density at radius 2 is 1.62 bits per heavy atom. The van der Waals surface area contributed by atoms with Crippen LogP contribution >= 0.6 is 0 Å². The highest BCUT2D eigenvalue weighted by molar-refractivity contribution is 5.79. The first-order valence-corrected chi connectivity index (χ1v) is 6.50. The Hall–Kier alpha value is -0.570. The maximum Gasteiger partial charge on any atom is 0.0947 e. The lowest BCUT2D eigenvalue weighted by Gasteiger charge is -2.33. The molecule has 0 bridgehead atoms. The largest absolute Gasteiger partial charge is 0.387 e. The third-order valence-corrected chi connectivity index (χ3v) is 3.10. The molecule has 0 aliphatic rings. The van der Waals surface area contributed by atoms with Crippen LogP contribution in [-0.4, -0.2) is 29.9 Å². The molecule has 0 spiro atoms. The quantitative estimate of drug-likeness (QED) is 0.495. The molecule has 1 unspecified atom stereocenters. The summed E-state index contributed by atoms with van der Waals surface area (Å²) in [4.78, 5) is 2.50. The molecule has 0 saturated carbocycles. The molecule has 96 valence electrons. The summed E-state index contributed by atoms with van der Waals surface area (Å²) in [5, 5.41) is 7.48. The molecule has 1 atom stereocenters. The van der Waals surface area contributed by atoms with Crippen molar-refractivity contribution in [3.05, 3.63) is 0 Å². The van der Waals surface area contributed by atoms with Crippen molar-refractivity contribution in [2.45, 2.75) is 53.5 Å². The van der Waals surface area contributed by atoms with Crippen molar-refractivity contribution in [3.63, 3.8) is 0 Å². The molecule has 0 saturated heterocycles. The monoisotopic (exact) mass is 227 g/mol. The molecule has 0 aromatic rings. The predicted molar refractivity (Wildman–Crippen MR) is 71.9 cm³/mol. The van der Waals surface area contributed by atoms with E-state index in [0.29, 0.717) is 17.8 Å². The summed E-state index contributed by atoms with van der Waals surface area (Å²) in [5.41, 5.74) is 5.55. The Labute approximate surface area is 101 Å². The standard InChI is InChI=1S/C13H29N3/c1-6-12(7-2)16(8-10(3)4)9-11(5)13(14)15/h10-12H,6-9H2,1-5H3,(H3,14,15). The lowest BCUT2D eigenvalue weighted by atomic mass is 10.0. The zero-order valence-corrected chi connectivity index (χ0v) is 11.6. The number of hydrogen-bond acceptors (Lipinski definition) is 2. The average molecular weight is 227 g/mol. The van der Waals surface area contributed by atoms with E-state index in [2.05, 4.69) is 32.6 Å².